The van der Waals surface area contributed by atoms with Gasteiger partial charge in [0.15, 0.2) is 0 Å². The smallest absolute Gasteiger partial charge is 0.0152 e. The van der Waals surface area contributed by atoms with Crippen LogP contribution in [0.3, 0.4) is 0 Å². The molecule has 2 aliphatic rings. The number of aryl methyl sites for hydroxylation is 1. The van der Waals surface area contributed by atoms with Gasteiger partial charge >= 0.3 is 0 Å². The summed E-state index contributed by atoms with van der Waals surface area (Å²) in [5, 5.41) is 13.4. The predicted octanol–water partition coefficient (Wildman–Crippen LogP) is 14.0. The maximum atomic E-state index is 2.51. The van der Waals surface area contributed by atoms with Gasteiger partial charge in [0.1, 0.15) is 0 Å². The Bertz CT molecular complexity index is 2960. The summed E-state index contributed by atoms with van der Waals surface area (Å²) in [5.41, 5.74) is 13.8. The molecular formula is C52H38. The van der Waals surface area contributed by atoms with Gasteiger partial charge in [-0.05, 0) is 129 Å². The number of allylic oxidation sites excluding steroid dienone is 1. The van der Waals surface area contributed by atoms with E-state index >= 15 is 0 Å². The molecule has 11 rings (SSSR count). The lowest BCUT2D eigenvalue weighted by Gasteiger charge is -2.36. The highest BCUT2D eigenvalue weighted by Gasteiger charge is 2.33. The Morgan fingerprint density at radius 2 is 0.904 bits per heavy atom. The van der Waals surface area contributed by atoms with Crippen LogP contribution in [-0.4, -0.2) is 0 Å². The van der Waals surface area contributed by atoms with E-state index in [0.717, 1.165) is 19.3 Å². The first-order valence-corrected chi connectivity index (χ1v) is 18.8. The van der Waals surface area contributed by atoms with E-state index in [9.17, 15) is 0 Å². The van der Waals surface area contributed by atoms with E-state index in [1.165, 1.54) is 109 Å². The minimum atomic E-state index is -0.0987. The van der Waals surface area contributed by atoms with E-state index < -0.39 is 0 Å². The Morgan fingerprint density at radius 3 is 1.50 bits per heavy atom. The summed E-state index contributed by atoms with van der Waals surface area (Å²) in [6.07, 6.45) is 7.81. The Hall–Kier alpha value is -5.98. The monoisotopic (exact) mass is 662 g/mol. The molecule has 0 atom stereocenters. The standard InChI is InChI=1S/C52H38/c1-52(2)48-27-25-32(36-21-11-23-46-42-15-5-3-13-38(42)40-17-7-9-19-44(40)50(36)46)29-34(48)31-35-30-33(26-28-49(35)52)37-22-12-24-47-43-16-6-4-14-39(43)41-18-8-10-20-45(41)51(37)47/h3-5,7-15,17-30H,6,16,31H2,1-2H3. The third kappa shape index (κ3) is 4.16. The summed E-state index contributed by atoms with van der Waals surface area (Å²) in [5.74, 6) is 0. The van der Waals surface area contributed by atoms with Gasteiger partial charge in [0.2, 0.25) is 0 Å². The first-order chi connectivity index (χ1) is 25.6. The second kappa shape index (κ2) is 11.0. The molecule has 0 amide bonds. The fourth-order valence-electron chi connectivity index (χ4n) is 10.0. The topological polar surface area (TPSA) is 0 Å². The highest BCUT2D eigenvalue weighted by molar-refractivity contribution is 6.28. The fourth-order valence-corrected chi connectivity index (χ4v) is 10.0. The minimum absolute atomic E-state index is 0.0987. The van der Waals surface area contributed by atoms with Crippen LogP contribution in [0.1, 0.15) is 53.6 Å². The number of fused-ring (bicyclic) bond motifs is 14. The van der Waals surface area contributed by atoms with Gasteiger partial charge in [-0.15, -0.1) is 0 Å². The molecule has 0 heteroatoms. The van der Waals surface area contributed by atoms with Crippen molar-refractivity contribution in [1.29, 1.82) is 0 Å². The van der Waals surface area contributed by atoms with Crippen LogP contribution in [0.25, 0.3) is 82.2 Å². The van der Waals surface area contributed by atoms with E-state index in [1.807, 2.05) is 0 Å². The van der Waals surface area contributed by atoms with Crippen LogP contribution >= 0.6 is 0 Å². The van der Waals surface area contributed by atoms with Gasteiger partial charge in [-0.1, -0.05) is 172 Å². The van der Waals surface area contributed by atoms with Gasteiger partial charge < -0.3 is 0 Å². The Kier molecular flexibility index (Phi) is 6.29. The molecule has 0 nitrogen and oxygen atoms in total. The minimum Gasteiger partial charge on any atom is -0.0836 e. The van der Waals surface area contributed by atoms with Gasteiger partial charge in [-0.3, -0.25) is 0 Å². The third-order valence-corrected chi connectivity index (χ3v) is 12.4. The van der Waals surface area contributed by atoms with Crippen molar-refractivity contribution in [3.8, 4) is 22.3 Å². The molecule has 0 saturated heterocycles. The molecule has 0 fully saturated rings. The molecule has 2 aliphatic carbocycles. The Labute approximate surface area is 304 Å². The fraction of sp³-hybridized carbons (Fsp3) is 0.115. The number of benzene rings is 9. The number of rotatable bonds is 2. The average Bonchev–Trinajstić information content (AvgIpc) is 3.20. The van der Waals surface area contributed by atoms with Crippen molar-refractivity contribution < 1.29 is 0 Å². The first kappa shape index (κ1) is 29.7. The summed E-state index contributed by atoms with van der Waals surface area (Å²) in [4.78, 5) is 0. The lowest BCUT2D eigenvalue weighted by atomic mass is 9.68. The van der Waals surface area contributed by atoms with Gasteiger partial charge in [0.05, 0.1) is 0 Å². The van der Waals surface area contributed by atoms with E-state index in [4.69, 9.17) is 0 Å². The molecule has 52 heavy (non-hydrogen) atoms. The van der Waals surface area contributed by atoms with Crippen molar-refractivity contribution in [3.63, 3.8) is 0 Å². The summed E-state index contributed by atoms with van der Waals surface area (Å²) < 4.78 is 0. The molecule has 246 valence electrons. The molecule has 0 aliphatic heterocycles. The highest BCUT2D eigenvalue weighted by Crippen LogP contribution is 2.47. The van der Waals surface area contributed by atoms with Gasteiger partial charge in [0, 0.05) is 5.41 Å². The van der Waals surface area contributed by atoms with Crippen LogP contribution in [-0.2, 0) is 18.3 Å². The zero-order valence-corrected chi connectivity index (χ0v) is 29.6. The summed E-state index contributed by atoms with van der Waals surface area (Å²) in [7, 11) is 0. The molecular weight excluding hydrogens is 625 g/mol. The van der Waals surface area contributed by atoms with Crippen molar-refractivity contribution in [1.82, 2.24) is 0 Å². The van der Waals surface area contributed by atoms with Gasteiger partial charge in [-0.25, -0.2) is 0 Å². The second-order valence-electron chi connectivity index (χ2n) is 15.5. The van der Waals surface area contributed by atoms with E-state index in [-0.39, 0.29) is 5.41 Å². The Morgan fingerprint density at radius 1 is 0.442 bits per heavy atom. The van der Waals surface area contributed by atoms with Crippen molar-refractivity contribution >= 4 is 59.9 Å². The predicted molar refractivity (Wildman–Crippen MR) is 224 cm³/mol. The van der Waals surface area contributed by atoms with Crippen LogP contribution in [0.15, 0.2) is 152 Å². The van der Waals surface area contributed by atoms with Crippen molar-refractivity contribution in [2.24, 2.45) is 0 Å². The molecule has 0 aromatic heterocycles. The molecule has 0 unspecified atom stereocenters. The summed E-state index contributed by atoms with van der Waals surface area (Å²) in [6.45, 7) is 4.82. The summed E-state index contributed by atoms with van der Waals surface area (Å²) in [6, 6.07) is 55.2. The van der Waals surface area contributed by atoms with Crippen LogP contribution in [0.2, 0.25) is 0 Å². The van der Waals surface area contributed by atoms with E-state index in [0.29, 0.717) is 0 Å². The Balaban J connectivity index is 1.08. The zero-order valence-electron chi connectivity index (χ0n) is 29.6. The van der Waals surface area contributed by atoms with Crippen molar-refractivity contribution in [2.45, 2.75) is 38.5 Å². The maximum Gasteiger partial charge on any atom is 0.0152 e. The lowest BCUT2D eigenvalue weighted by molar-refractivity contribution is 0.611. The lowest BCUT2D eigenvalue weighted by Crippen LogP contribution is -2.27. The van der Waals surface area contributed by atoms with Crippen LogP contribution in [0, 0.1) is 0 Å². The molecule has 9 aromatic rings. The molecule has 0 spiro atoms. The van der Waals surface area contributed by atoms with Gasteiger partial charge in [-0.2, -0.15) is 0 Å². The van der Waals surface area contributed by atoms with Crippen molar-refractivity contribution in [2.75, 3.05) is 0 Å². The molecule has 0 bridgehead atoms. The third-order valence-electron chi connectivity index (χ3n) is 12.4. The maximum absolute atomic E-state index is 2.51. The highest BCUT2D eigenvalue weighted by atomic mass is 14.4. The number of hydrogen-bond donors (Lipinski definition) is 0. The summed E-state index contributed by atoms with van der Waals surface area (Å²) >= 11 is 0. The van der Waals surface area contributed by atoms with Gasteiger partial charge in [0.25, 0.3) is 0 Å². The zero-order chi connectivity index (χ0) is 34.6. The van der Waals surface area contributed by atoms with E-state index in [2.05, 4.69) is 172 Å². The molecule has 0 radical (unpaired) electrons. The van der Waals surface area contributed by atoms with E-state index in [1.54, 1.807) is 0 Å². The SMILES string of the molecule is CC1(C)c2ccc(-c3cccc4c5c(c6ccccc6c34)C=CCC5)cc2Cc2cc(-c3cccc4c5ccccc5c5ccccc5c34)ccc21. The quantitative estimate of drug-likeness (QED) is 0.162. The van der Waals surface area contributed by atoms with Crippen LogP contribution in [0.5, 0.6) is 0 Å². The molecule has 9 aromatic carbocycles. The van der Waals surface area contributed by atoms with Crippen LogP contribution in [0.4, 0.5) is 0 Å². The molecule has 0 heterocycles. The largest absolute Gasteiger partial charge is 0.0836 e. The van der Waals surface area contributed by atoms with Crippen LogP contribution < -0.4 is 0 Å². The average molecular weight is 663 g/mol. The molecule has 0 N–H and O–H groups in total. The second-order valence-corrected chi connectivity index (χ2v) is 15.5. The van der Waals surface area contributed by atoms with Crippen molar-refractivity contribution in [3.05, 3.63) is 185 Å². The normalized spacial score (nSPS) is 14.6. The first-order valence-electron chi connectivity index (χ1n) is 18.8. The molecule has 0 saturated carbocycles. The number of hydrogen-bond acceptors (Lipinski definition) is 0.